The first-order valence-corrected chi connectivity index (χ1v) is 11.1. The highest BCUT2D eigenvalue weighted by molar-refractivity contribution is 6.42. The topological polar surface area (TPSA) is 91.2 Å². The van der Waals surface area contributed by atoms with Gasteiger partial charge in [-0.2, -0.15) is 5.26 Å². The van der Waals surface area contributed by atoms with Crippen LogP contribution in [0.2, 0.25) is 20.1 Å². The Morgan fingerprint density at radius 2 is 1.53 bits per heavy atom. The van der Waals surface area contributed by atoms with Gasteiger partial charge in [0, 0.05) is 27.0 Å². The largest absolute Gasteiger partial charge is 0.483 e. The maximum atomic E-state index is 12.6. The number of hydrogen-bond donors (Lipinski definition) is 2. The molecule has 0 spiro atoms. The molecule has 0 unspecified atom stereocenters. The molecule has 0 saturated carbocycles. The lowest BCUT2D eigenvalue weighted by atomic mass is 10.1. The summed E-state index contributed by atoms with van der Waals surface area (Å²) in [5.41, 5.74) is 1.07. The van der Waals surface area contributed by atoms with E-state index in [1.165, 1.54) is 24.3 Å². The number of nitrogens with zero attached hydrogens (tertiary/aromatic N) is 1. The third-order valence-electron chi connectivity index (χ3n) is 4.30. The second-order valence-corrected chi connectivity index (χ2v) is 8.47. The Kier molecular flexibility index (Phi) is 8.80. The van der Waals surface area contributed by atoms with Crippen molar-refractivity contribution in [3.63, 3.8) is 0 Å². The number of hydrogen-bond acceptors (Lipinski definition) is 4. The number of ether oxygens (including phenoxy) is 1. The summed E-state index contributed by atoms with van der Waals surface area (Å²) in [4.78, 5) is 24.9. The minimum Gasteiger partial charge on any atom is -0.483 e. The van der Waals surface area contributed by atoms with Crippen molar-refractivity contribution in [2.75, 3.05) is 17.2 Å². The molecule has 0 aliphatic carbocycles. The molecule has 3 rings (SSSR count). The second kappa shape index (κ2) is 11.8. The van der Waals surface area contributed by atoms with Crippen LogP contribution in [0.25, 0.3) is 6.08 Å². The van der Waals surface area contributed by atoms with Gasteiger partial charge in [-0.15, -0.1) is 0 Å². The van der Waals surface area contributed by atoms with Crippen molar-refractivity contribution in [3.05, 3.63) is 91.9 Å². The van der Waals surface area contributed by atoms with E-state index < -0.39 is 11.8 Å². The lowest BCUT2D eigenvalue weighted by Crippen LogP contribution is -2.20. The van der Waals surface area contributed by atoms with Crippen molar-refractivity contribution in [2.45, 2.75) is 0 Å². The van der Waals surface area contributed by atoms with Crippen LogP contribution in [-0.4, -0.2) is 18.4 Å². The third kappa shape index (κ3) is 7.14. The summed E-state index contributed by atoms with van der Waals surface area (Å²) >= 11 is 23.8. The molecule has 2 N–H and O–H groups in total. The summed E-state index contributed by atoms with van der Waals surface area (Å²) in [6.07, 6.45) is 1.32. The van der Waals surface area contributed by atoms with Crippen molar-refractivity contribution in [1.82, 2.24) is 0 Å². The zero-order chi connectivity index (χ0) is 24.7. The summed E-state index contributed by atoms with van der Waals surface area (Å²) < 4.78 is 5.61. The van der Waals surface area contributed by atoms with Gasteiger partial charge in [0.15, 0.2) is 6.61 Å². The zero-order valence-corrected chi connectivity index (χ0v) is 20.3. The van der Waals surface area contributed by atoms with Gasteiger partial charge in [-0.25, -0.2) is 0 Å². The third-order valence-corrected chi connectivity index (χ3v) is 5.53. The van der Waals surface area contributed by atoms with Crippen molar-refractivity contribution in [2.24, 2.45) is 0 Å². The first-order valence-electron chi connectivity index (χ1n) is 9.61. The lowest BCUT2D eigenvalue weighted by molar-refractivity contribution is -0.118. The summed E-state index contributed by atoms with van der Waals surface area (Å²) in [7, 11) is 0. The smallest absolute Gasteiger partial charge is 0.266 e. The quantitative estimate of drug-likeness (QED) is 0.256. The first-order chi connectivity index (χ1) is 16.2. The molecule has 0 radical (unpaired) electrons. The first kappa shape index (κ1) is 25.4. The van der Waals surface area contributed by atoms with Crippen LogP contribution in [0, 0.1) is 11.3 Å². The van der Waals surface area contributed by atoms with Gasteiger partial charge in [-0.1, -0.05) is 46.4 Å². The number of nitriles is 1. The molecule has 0 fully saturated rings. The number of nitrogens with one attached hydrogen (secondary N) is 2. The Balaban J connectivity index is 1.73. The van der Waals surface area contributed by atoms with Crippen LogP contribution in [0.5, 0.6) is 5.75 Å². The summed E-state index contributed by atoms with van der Waals surface area (Å²) in [6, 6.07) is 17.6. The van der Waals surface area contributed by atoms with Gasteiger partial charge in [0.05, 0.1) is 10.0 Å². The van der Waals surface area contributed by atoms with Crippen molar-refractivity contribution in [1.29, 1.82) is 5.26 Å². The average Bonchev–Trinajstić information content (AvgIpc) is 2.80. The Hall–Kier alpha value is -3.21. The van der Waals surface area contributed by atoms with E-state index >= 15 is 0 Å². The van der Waals surface area contributed by atoms with E-state index in [1.54, 1.807) is 42.5 Å². The van der Waals surface area contributed by atoms with Crippen LogP contribution in [0.15, 0.2) is 66.2 Å². The Labute approximate surface area is 215 Å². The van der Waals surface area contributed by atoms with Gasteiger partial charge in [-0.3, -0.25) is 9.59 Å². The number of benzene rings is 3. The van der Waals surface area contributed by atoms with E-state index in [-0.39, 0.29) is 17.9 Å². The normalized spacial score (nSPS) is 10.9. The minimum atomic E-state index is -0.631. The number of carbonyl (C=O) groups excluding carboxylic acids is 2. The van der Waals surface area contributed by atoms with Crippen molar-refractivity contribution in [3.8, 4) is 11.8 Å². The molecule has 3 aromatic carbocycles. The lowest BCUT2D eigenvalue weighted by Gasteiger charge is -2.11. The SMILES string of the molecule is N#C/C(=C/c1cc(Cl)ccc1OCC(=O)Nc1ccc(Cl)c(Cl)c1)C(=O)Nc1ccc(Cl)cc1. The summed E-state index contributed by atoms with van der Waals surface area (Å²) in [6.45, 7) is -0.346. The standard InChI is InChI=1S/C24H15Cl4N3O3/c25-16-1-4-18(5-2-16)31-24(33)15(12-29)9-14-10-17(26)3-8-22(14)34-13-23(32)30-19-6-7-20(27)21(28)11-19/h1-11H,13H2,(H,30,32)(H,31,33)/b15-9-. The van der Waals surface area contributed by atoms with Crippen LogP contribution in [-0.2, 0) is 9.59 Å². The molecule has 0 aliphatic heterocycles. The monoisotopic (exact) mass is 533 g/mol. The van der Waals surface area contributed by atoms with Crippen LogP contribution in [0.1, 0.15) is 5.56 Å². The van der Waals surface area contributed by atoms with E-state index in [9.17, 15) is 14.9 Å². The molecule has 0 aliphatic rings. The highest BCUT2D eigenvalue weighted by Gasteiger charge is 2.13. The van der Waals surface area contributed by atoms with Gasteiger partial charge >= 0.3 is 0 Å². The van der Waals surface area contributed by atoms with Gasteiger partial charge in [0.2, 0.25) is 0 Å². The molecule has 0 bridgehead atoms. The Bertz CT molecular complexity index is 1300. The molecule has 34 heavy (non-hydrogen) atoms. The number of rotatable bonds is 7. The van der Waals surface area contributed by atoms with E-state index in [0.29, 0.717) is 37.0 Å². The molecule has 6 nitrogen and oxygen atoms in total. The summed E-state index contributed by atoms with van der Waals surface area (Å²) in [5.74, 6) is -0.835. The number of anilines is 2. The highest BCUT2D eigenvalue weighted by Crippen LogP contribution is 2.27. The number of amides is 2. The molecule has 0 saturated heterocycles. The van der Waals surface area contributed by atoms with Crippen LogP contribution >= 0.6 is 46.4 Å². The Morgan fingerprint density at radius 3 is 2.21 bits per heavy atom. The molecule has 3 aromatic rings. The molecule has 0 heterocycles. The van der Waals surface area contributed by atoms with E-state index in [4.69, 9.17) is 51.1 Å². The molecular weight excluding hydrogens is 520 g/mol. The van der Waals surface area contributed by atoms with Crippen LogP contribution in [0.3, 0.4) is 0 Å². The molecule has 0 atom stereocenters. The van der Waals surface area contributed by atoms with Gasteiger partial charge in [0.25, 0.3) is 11.8 Å². The fraction of sp³-hybridized carbons (Fsp3) is 0.0417. The van der Waals surface area contributed by atoms with Gasteiger partial charge < -0.3 is 15.4 Å². The predicted octanol–water partition coefficient (Wildman–Crippen LogP) is 6.86. The summed E-state index contributed by atoms with van der Waals surface area (Å²) in [5, 5.41) is 16.3. The zero-order valence-electron chi connectivity index (χ0n) is 17.2. The maximum absolute atomic E-state index is 12.6. The van der Waals surface area contributed by atoms with E-state index in [2.05, 4.69) is 10.6 Å². The second-order valence-electron chi connectivity index (χ2n) is 6.78. The van der Waals surface area contributed by atoms with E-state index in [1.807, 2.05) is 6.07 Å². The minimum absolute atomic E-state index is 0.192. The molecule has 0 aromatic heterocycles. The fourth-order valence-electron chi connectivity index (χ4n) is 2.71. The van der Waals surface area contributed by atoms with Crippen LogP contribution in [0.4, 0.5) is 11.4 Å². The molecule has 10 heteroatoms. The van der Waals surface area contributed by atoms with Crippen molar-refractivity contribution < 1.29 is 14.3 Å². The molecular formula is C24H15Cl4N3O3. The number of carbonyl (C=O) groups is 2. The average molecular weight is 535 g/mol. The molecule has 2 amide bonds. The number of halogens is 4. The molecule has 172 valence electrons. The highest BCUT2D eigenvalue weighted by atomic mass is 35.5. The predicted molar refractivity (Wildman–Crippen MR) is 136 cm³/mol. The Morgan fingerprint density at radius 1 is 0.853 bits per heavy atom. The van der Waals surface area contributed by atoms with Crippen LogP contribution < -0.4 is 15.4 Å². The van der Waals surface area contributed by atoms with Gasteiger partial charge in [0.1, 0.15) is 17.4 Å². The van der Waals surface area contributed by atoms with Crippen molar-refractivity contribution >= 4 is 75.7 Å². The van der Waals surface area contributed by atoms with E-state index in [0.717, 1.165) is 0 Å². The maximum Gasteiger partial charge on any atom is 0.266 e. The fourth-order valence-corrected chi connectivity index (χ4v) is 3.32. The van der Waals surface area contributed by atoms with Gasteiger partial charge in [-0.05, 0) is 66.7 Å².